The summed E-state index contributed by atoms with van der Waals surface area (Å²) in [5.74, 6) is -1.51. The molecule has 1 N–H and O–H groups in total. The number of nitrogens with zero attached hydrogens (tertiary/aromatic N) is 1. The zero-order valence-electron chi connectivity index (χ0n) is 20.3. The van der Waals surface area contributed by atoms with Gasteiger partial charge in [-0.25, -0.2) is 13.6 Å². The van der Waals surface area contributed by atoms with Crippen molar-refractivity contribution < 1.29 is 33.0 Å². The van der Waals surface area contributed by atoms with Crippen molar-refractivity contribution >= 4 is 12.1 Å². The first-order valence-corrected chi connectivity index (χ1v) is 11.2. The number of amides is 1. The molecule has 34 heavy (non-hydrogen) atoms. The smallest absolute Gasteiger partial charge is 0.410 e. The lowest BCUT2D eigenvalue weighted by atomic mass is 9.86. The van der Waals surface area contributed by atoms with E-state index in [9.17, 15) is 23.5 Å². The maximum absolute atomic E-state index is 13.5. The molecule has 0 saturated carbocycles. The fourth-order valence-corrected chi connectivity index (χ4v) is 3.54. The summed E-state index contributed by atoms with van der Waals surface area (Å²) in [6.45, 7) is 8.78. The summed E-state index contributed by atoms with van der Waals surface area (Å²) >= 11 is 0. The van der Waals surface area contributed by atoms with Crippen molar-refractivity contribution in [2.45, 2.75) is 64.7 Å². The van der Waals surface area contributed by atoms with Gasteiger partial charge in [0.1, 0.15) is 22.8 Å². The quantitative estimate of drug-likeness (QED) is 0.483. The lowest BCUT2D eigenvalue weighted by Crippen LogP contribution is -2.42. The number of aliphatic hydroxyl groups is 1. The van der Waals surface area contributed by atoms with E-state index >= 15 is 0 Å². The van der Waals surface area contributed by atoms with Gasteiger partial charge in [-0.1, -0.05) is 24.3 Å². The predicted octanol–water partition coefficient (Wildman–Crippen LogP) is 5.49. The molecule has 1 unspecified atom stereocenters. The molecule has 8 heteroatoms. The molecule has 0 radical (unpaired) electrons. The minimum Gasteiger partial charge on any atom is -0.466 e. The molecule has 1 amide bonds. The van der Waals surface area contributed by atoms with Gasteiger partial charge in [-0.05, 0) is 76.4 Å². The van der Waals surface area contributed by atoms with E-state index in [-0.39, 0.29) is 26.0 Å². The van der Waals surface area contributed by atoms with Gasteiger partial charge in [0, 0.05) is 6.54 Å². The largest absolute Gasteiger partial charge is 0.466 e. The van der Waals surface area contributed by atoms with Crippen LogP contribution in [0.4, 0.5) is 13.6 Å². The third-order valence-electron chi connectivity index (χ3n) is 5.34. The normalized spacial score (nSPS) is 14.1. The Morgan fingerprint density at radius 3 is 2.03 bits per heavy atom. The summed E-state index contributed by atoms with van der Waals surface area (Å²) in [5.41, 5.74) is -1.50. The number of rotatable bonds is 9. The molecule has 0 aliphatic rings. The molecule has 0 aromatic heterocycles. The number of benzene rings is 2. The summed E-state index contributed by atoms with van der Waals surface area (Å²) in [4.78, 5) is 26.7. The highest BCUT2D eigenvalue weighted by Crippen LogP contribution is 2.32. The van der Waals surface area contributed by atoms with Crippen LogP contribution in [0.15, 0.2) is 48.5 Å². The van der Waals surface area contributed by atoms with Crippen LogP contribution in [0.3, 0.4) is 0 Å². The number of esters is 1. The third-order valence-corrected chi connectivity index (χ3v) is 5.34. The van der Waals surface area contributed by atoms with Crippen LogP contribution in [0.5, 0.6) is 0 Å². The highest BCUT2D eigenvalue weighted by Gasteiger charge is 2.36. The first kappa shape index (κ1) is 27.2. The third kappa shape index (κ3) is 7.80. The van der Waals surface area contributed by atoms with Gasteiger partial charge in [0.25, 0.3) is 0 Å². The Kier molecular flexibility index (Phi) is 9.15. The second-order valence-corrected chi connectivity index (χ2v) is 9.17. The van der Waals surface area contributed by atoms with Crippen LogP contribution in [-0.4, -0.2) is 40.8 Å². The lowest BCUT2D eigenvalue weighted by molar-refractivity contribution is -0.149. The summed E-state index contributed by atoms with van der Waals surface area (Å²) < 4.78 is 37.5. The van der Waals surface area contributed by atoms with Crippen molar-refractivity contribution in [3.63, 3.8) is 0 Å². The minimum absolute atomic E-state index is 0.000732. The molecule has 0 spiro atoms. The van der Waals surface area contributed by atoms with Crippen LogP contribution in [0, 0.1) is 11.6 Å². The van der Waals surface area contributed by atoms with E-state index < -0.39 is 40.9 Å². The van der Waals surface area contributed by atoms with E-state index in [1.165, 1.54) is 41.3 Å². The topological polar surface area (TPSA) is 76.1 Å². The SMILES string of the molecule is CCOC(=O)CC(O)(CCN(C(=O)OC(C)(C)C)[C@@H](C)c1ccc(F)cc1)c1ccc(F)cc1. The molecule has 2 aromatic rings. The molecule has 0 fully saturated rings. The molecular weight excluding hydrogens is 444 g/mol. The highest BCUT2D eigenvalue weighted by atomic mass is 19.1. The molecule has 0 bridgehead atoms. The monoisotopic (exact) mass is 477 g/mol. The van der Waals surface area contributed by atoms with Gasteiger partial charge in [-0.2, -0.15) is 0 Å². The molecule has 2 aromatic carbocycles. The van der Waals surface area contributed by atoms with E-state index in [1.807, 2.05) is 0 Å². The van der Waals surface area contributed by atoms with E-state index in [1.54, 1.807) is 46.8 Å². The summed E-state index contributed by atoms with van der Waals surface area (Å²) in [5, 5.41) is 11.5. The maximum atomic E-state index is 13.5. The van der Waals surface area contributed by atoms with Crippen LogP contribution in [-0.2, 0) is 19.9 Å². The Morgan fingerprint density at radius 1 is 1.00 bits per heavy atom. The number of carbonyl (C=O) groups excluding carboxylic acids is 2. The van der Waals surface area contributed by atoms with Crippen molar-refractivity contribution in [3.05, 3.63) is 71.3 Å². The van der Waals surface area contributed by atoms with Gasteiger partial charge < -0.3 is 19.5 Å². The maximum Gasteiger partial charge on any atom is 0.410 e. The fraction of sp³-hybridized carbons (Fsp3) is 0.462. The number of carbonyl (C=O) groups is 2. The summed E-state index contributed by atoms with van der Waals surface area (Å²) in [6.07, 6.45) is -1.05. The molecule has 2 atom stereocenters. The van der Waals surface area contributed by atoms with Crippen LogP contribution in [0.2, 0.25) is 0 Å². The molecule has 6 nitrogen and oxygen atoms in total. The fourth-order valence-electron chi connectivity index (χ4n) is 3.54. The Labute approximate surface area is 199 Å². The van der Waals surface area contributed by atoms with Crippen LogP contribution < -0.4 is 0 Å². The second kappa shape index (κ2) is 11.4. The average Bonchev–Trinajstić information content (AvgIpc) is 2.73. The second-order valence-electron chi connectivity index (χ2n) is 9.17. The summed E-state index contributed by atoms with van der Waals surface area (Å²) in [6, 6.07) is 10.4. The molecule has 2 rings (SSSR count). The molecule has 0 saturated heterocycles. The van der Waals surface area contributed by atoms with E-state index in [0.717, 1.165) is 0 Å². The Balaban J connectivity index is 2.36. The Bertz CT molecular complexity index is 957. The van der Waals surface area contributed by atoms with Crippen LogP contribution in [0.1, 0.15) is 64.6 Å². The molecule has 186 valence electrons. The van der Waals surface area contributed by atoms with Gasteiger partial charge in [0.2, 0.25) is 0 Å². The standard InChI is InChI=1S/C26H33F2NO5/c1-6-33-23(30)17-26(32,20-9-13-22(28)14-10-20)15-16-29(24(31)34-25(3,4)5)18(2)19-7-11-21(27)12-8-19/h7-14,18,32H,6,15-17H2,1-5H3/t18-,26?/m0/s1. The number of hydrogen-bond acceptors (Lipinski definition) is 5. The van der Waals surface area contributed by atoms with Crippen LogP contribution in [0.25, 0.3) is 0 Å². The van der Waals surface area contributed by atoms with Gasteiger partial charge in [0.05, 0.1) is 19.1 Å². The van der Waals surface area contributed by atoms with Gasteiger partial charge in [-0.15, -0.1) is 0 Å². The van der Waals surface area contributed by atoms with Gasteiger partial charge in [0.15, 0.2) is 0 Å². The molecular formula is C26H33F2NO5. The summed E-state index contributed by atoms with van der Waals surface area (Å²) in [7, 11) is 0. The van der Waals surface area contributed by atoms with Crippen molar-refractivity contribution in [2.24, 2.45) is 0 Å². The zero-order chi connectivity index (χ0) is 25.5. The van der Waals surface area contributed by atoms with E-state index in [2.05, 4.69) is 0 Å². The average molecular weight is 478 g/mol. The first-order valence-electron chi connectivity index (χ1n) is 11.2. The lowest BCUT2D eigenvalue weighted by Gasteiger charge is -2.35. The molecule has 0 aliphatic heterocycles. The molecule has 0 aliphatic carbocycles. The van der Waals surface area contributed by atoms with E-state index in [4.69, 9.17) is 9.47 Å². The van der Waals surface area contributed by atoms with Crippen molar-refractivity contribution in [2.75, 3.05) is 13.2 Å². The zero-order valence-corrected chi connectivity index (χ0v) is 20.3. The first-order chi connectivity index (χ1) is 15.8. The van der Waals surface area contributed by atoms with Crippen molar-refractivity contribution in [1.82, 2.24) is 4.90 Å². The number of ether oxygens (including phenoxy) is 2. The highest BCUT2D eigenvalue weighted by molar-refractivity contribution is 5.71. The van der Waals surface area contributed by atoms with Crippen molar-refractivity contribution in [3.8, 4) is 0 Å². The number of hydrogen-bond donors (Lipinski definition) is 1. The van der Waals surface area contributed by atoms with E-state index in [0.29, 0.717) is 11.1 Å². The Morgan fingerprint density at radius 2 is 1.53 bits per heavy atom. The van der Waals surface area contributed by atoms with Crippen molar-refractivity contribution in [1.29, 1.82) is 0 Å². The number of halogens is 2. The predicted molar refractivity (Wildman–Crippen MR) is 124 cm³/mol. The minimum atomic E-state index is -1.72. The van der Waals surface area contributed by atoms with Gasteiger partial charge >= 0.3 is 12.1 Å². The Hall–Kier alpha value is -3.00. The van der Waals surface area contributed by atoms with Crippen LogP contribution >= 0.6 is 0 Å². The van der Waals surface area contributed by atoms with Gasteiger partial charge in [-0.3, -0.25) is 4.79 Å². The molecule has 0 heterocycles.